The second kappa shape index (κ2) is 29.2. The molecule has 3 heteroatoms. The van der Waals surface area contributed by atoms with Crippen LogP contribution in [0.1, 0.15) is 174 Å². The lowest BCUT2D eigenvalue weighted by Crippen LogP contribution is -2.05. The third-order valence-corrected chi connectivity index (χ3v) is 6.71. The van der Waals surface area contributed by atoms with Crippen LogP contribution in [0.2, 0.25) is 0 Å². The van der Waals surface area contributed by atoms with Crippen LogP contribution in [0.4, 0.5) is 0 Å². The van der Waals surface area contributed by atoms with Gasteiger partial charge in [0, 0.05) is 12.8 Å². The first-order valence-corrected chi connectivity index (χ1v) is 14.9. The Balaban J connectivity index is 3.14. The van der Waals surface area contributed by atoms with E-state index < -0.39 is 0 Å². The number of carbonyl (C=O) groups excluding carboxylic acids is 2. The Hall–Kier alpha value is -0.860. The van der Waals surface area contributed by atoms with Gasteiger partial charge in [-0.3, -0.25) is 4.79 Å². The van der Waals surface area contributed by atoms with Crippen LogP contribution >= 0.6 is 0 Å². The van der Waals surface area contributed by atoms with Gasteiger partial charge in [0.25, 0.3) is 0 Å². The Labute approximate surface area is 207 Å². The van der Waals surface area contributed by atoms with E-state index in [-0.39, 0.29) is 5.97 Å². The summed E-state index contributed by atoms with van der Waals surface area (Å²) in [6.45, 7) is 2.89. The summed E-state index contributed by atoms with van der Waals surface area (Å²) in [5, 5.41) is 0. The van der Waals surface area contributed by atoms with Gasteiger partial charge in [-0.2, -0.15) is 0 Å². The standard InChI is InChI=1S/C30H58O3/c1-2-3-4-5-6-7-8-12-15-18-21-24-27-30(32)33-29-26-23-20-17-14-11-9-10-13-16-19-22-25-28-31/h28H,2-27,29H2,1H3. The molecule has 0 spiro atoms. The van der Waals surface area contributed by atoms with Gasteiger partial charge < -0.3 is 9.53 Å². The van der Waals surface area contributed by atoms with E-state index in [1.165, 1.54) is 135 Å². The van der Waals surface area contributed by atoms with Gasteiger partial charge in [-0.05, 0) is 19.3 Å². The van der Waals surface area contributed by atoms with Crippen LogP contribution in [-0.4, -0.2) is 18.9 Å². The summed E-state index contributed by atoms with van der Waals surface area (Å²) in [7, 11) is 0. The maximum Gasteiger partial charge on any atom is 0.305 e. The van der Waals surface area contributed by atoms with Crippen molar-refractivity contribution in [3.63, 3.8) is 0 Å². The molecule has 0 aliphatic carbocycles. The molecule has 3 nitrogen and oxygen atoms in total. The van der Waals surface area contributed by atoms with Crippen LogP contribution in [-0.2, 0) is 14.3 Å². The Morgan fingerprint density at radius 3 is 1.30 bits per heavy atom. The van der Waals surface area contributed by atoms with E-state index in [1.54, 1.807) is 0 Å². The summed E-state index contributed by atoms with van der Waals surface area (Å²) in [5.74, 6) is 0.00763. The highest BCUT2D eigenvalue weighted by molar-refractivity contribution is 5.69. The summed E-state index contributed by atoms with van der Waals surface area (Å²) in [5.41, 5.74) is 0. The van der Waals surface area contributed by atoms with E-state index in [9.17, 15) is 9.59 Å². The average molecular weight is 467 g/mol. The summed E-state index contributed by atoms with van der Waals surface area (Å²) in [6, 6.07) is 0. The molecule has 0 N–H and O–H groups in total. The lowest BCUT2D eigenvalue weighted by molar-refractivity contribution is -0.143. The molecule has 0 saturated heterocycles. The van der Waals surface area contributed by atoms with E-state index >= 15 is 0 Å². The Bertz CT molecular complexity index is 394. The topological polar surface area (TPSA) is 43.4 Å². The van der Waals surface area contributed by atoms with Crippen LogP contribution in [0.15, 0.2) is 0 Å². The first kappa shape index (κ1) is 32.1. The highest BCUT2D eigenvalue weighted by Crippen LogP contribution is 2.14. The molecule has 0 bridgehead atoms. The number of aldehydes is 1. The Morgan fingerprint density at radius 2 is 0.879 bits per heavy atom. The van der Waals surface area contributed by atoms with Crippen LogP contribution in [0.25, 0.3) is 0 Å². The van der Waals surface area contributed by atoms with Crippen molar-refractivity contribution in [3.05, 3.63) is 0 Å². The molecule has 0 aromatic rings. The Kier molecular flexibility index (Phi) is 28.4. The zero-order valence-electron chi connectivity index (χ0n) is 22.4. The third-order valence-electron chi connectivity index (χ3n) is 6.71. The maximum absolute atomic E-state index is 11.8. The summed E-state index contributed by atoms with van der Waals surface area (Å²) in [6.07, 6.45) is 33.3. The van der Waals surface area contributed by atoms with Crippen LogP contribution in [0.3, 0.4) is 0 Å². The number of unbranched alkanes of at least 4 members (excludes halogenated alkanes) is 23. The van der Waals surface area contributed by atoms with Crippen LogP contribution in [0.5, 0.6) is 0 Å². The molecule has 0 saturated carbocycles. The molecule has 0 unspecified atom stereocenters. The van der Waals surface area contributed by atoms with E-state index in [1.807, 2.05) is 0 Å². The molecule has 0 aliphatic rings. The maximum atomic E-state index is 11.8. The predicted octanol–water partition coefficient (Wildman–Crippen LogP) is 9.89. The number of esters is 1. The molecule has 0 aliphatic heterocycles. The lowest BCUT2D eigenvalue weighted by Gasteiger charge is -2.06. The van der Waals surface area contributed by atoms with Crippen molar-refractivity contribution in [2.75, 3.05) is 6.61 Å². The molecule has 0 rings (SSSR count). The van der Waals surface area contributed by atoms with Gasteiger partial charge in [-0.15, -0.1) is 0 Å². The third kappa shape index (κ3) is 29.1. The normalized spacial score (nSPS) is 11.1. The number of carbonyl (C=O) groups is 2. The number of rotatable bonds is 28. The molecular formula is C30H58O3. The molecule has 0 aromatic heterocycles. The molecule has 0 heterocycles. The lowest BCUT2D eigenvalue weighted by atomic mass is 10.0. The molecular weight excluding hydrogens is 408 g/mol. The zero-order chi connectivity index (χ0) is 24.1. The summed E-state index contributed by atoms with van der Waals surface area (Å²) < 4.78 is 5.39. The van der Waals surface area contributed by atoms with E-state index in [4.69, 9.17) is 4.74 Å². The largest absolute Gasteiger partial charge is 0.466 e. The van der Waals surface area contributed by atoms with Crippen molar-refractivity contribution in [3.8, 4) is 0 Å². The molecule has 0 amide bonds. The number of hydrogen-bond donors (Lipinski definition) is 0. The monoisotopic (exact) mass is 466 g/mol. The minimum absolute atomic E-state index is 0.00763. The minimum Gasteiger partial charge on any atom is -0.466 e. The van der Waals surface area contributed by atoms with Crippen LogP contribution in [0, 0.1) is 0 Å². The molecule has 0 atom stereocenters. The van der Waals surface area contributed by atoms with Gasteiger partial charge in [0.1, 0.15) is 6.29 Å². The number of ether oxygens (including phenoxy) is 1. The second-order valence-electron chi connectivity index (χ2n) is 10.1. The molecule has 0 aromatic carbocycles. The van der Waals surface area contributed by atoms with E-state index in [2.05, 4.69) is 6.92 Å². The zero-order valence-corrected chi connectivity index (χ0v) is 22.4. The quantitative estimate of drug-likeness (QED) is 0.0654. The van der Waals surface area contributed by atoms with Gasteiger partial charge in [-0.25, -0.2) is 0 Å². The average Bonchev–Trinajstić information content (AvgIpc) is 2.82. The smallest absolute Gasteiger partial charge is 0.305 e. The van der Waals surface area contributed by atoms with Crippen LogP contribution < -0.4 is 0 Å². The van der Waals surface area contributed by atoms with Gasteiger partial charge in [0.2, 0.25) is 0 Å². The first-order valence-electron chi connectivity index (χ1n) is 14.9. The predicted molar refractivity (Wildman–Crippen MR) is 143 cm³/mol. The highest BCUT2D eigenvalue weighted by atomic mass is 16.5. The Morgan fingerprint density at radius 1 is 0.515 bits per heavy atom. The van der Waals surface area contributed by atoms with Crippen molar-refractivity contribution >= 4 is 12.3 Å². The molecule has 0 radical (unpaired) electrons. The van der Waals surface area contributed by atoms with Crippen molar-refractivity contribution < 1.29 is 14.3 Å². The van der Waals surface area contributed by atoms with Crippen molar-refractivity contribution in [1.82, 2.24) is 0 Å². The van der Waals surface area contributed by atoms with E-state index in [0.717, 1.165) is 32.0 Å². The van der Waals surface area contributed by atoms with Crippen molar-refractivity contribution in [2.24, 2.45) is 0 Å². The highest BCUT2D eigenvalue weighted by Gasteiger charge is 2.02. The van der Waals surface area contributed by atoms with Crippen molar-refractivity contribution in [1.29, 1.82) is 0 Å². The van der Waals surface area contributed by atoms with Gasteiger partial charge in [0.15, 0.2) is 0 Å². The van der Waals surface area contributed by atoms with Crippen molar-refractivity contribution in [2.45, 2.75) is 174 Å². The molecule has 0 fully saturated rings. The fraction of sp³-hybridized carbons (Fsp3) is 0.933. The van der Waals surface area contributed by atoms with Gasteiger partial charge >= 0.3 is 5.97 Å². The SMILES string of the molecule is CCCCCCCCCCCCCCC(=O)OCCCCCCCCCCCCCCC=O. The molecule has 33 heavy (non-hydrogen) atoms. The minimum atomic E-state index is 0.00763. The summed E-state index contributed by atoms with van der Waals surface area (Å²) in [4.78, 5) is 22.1. The fourth-order valence-corrected chi connectivity index (χ4v) is 4.47. The second-order valence-corrected chi connectivity index (χ2v) is 10.1. The summed E-state index contributed by atoms with van der Waals surface area (Å²) >= 11 is 0. The van der Waals surface area contributed by atoms with Gasteiger partial charge in [-0.1, -0.05) is 142 Å². The molecule has 196 valence electrons. The first-order chi connectivity index (χ1) is 16.3. The van der Waals surface area contributed by atoms with E-state index in [0.29, 0.717) is 13.0 Å². The van der Waals surface area contributed by atoms with Gasteiger partial charge in [0.05, 0.1) is 6.61 Å². The number of hydrogen-bond acceptors (Lipinski definition) is 3. The fourth-order valence-electron chi connectivity index (χ4n) is 4.47.